The number of ether oxygens (including phenoxy) is 1. The summed E-state index contributed by atoms with van der Waals surface area (Å²) in [7, 11) is 1.36. The van der Waals surface area contributed by atoms with Crippen molar-refractivity contribution >= 4 is 11.9 Å². The van der Waals surface area contributed by atoms with E-state index in [-0.39, 0.29) is 22.5 Å². The number of rotatable bonds is 4. The highest BCUT2D eigenvalue weighted by molar-refractivity contribution is 5.95. The van der Waals surface area contributed by atoms with Crippen LogP contribution in [0, 0.1) is 17.0 Å². The summed E-state index contributed by atoms with van der Waals surface area (Å²) in [5.74, 6) is -2.67. The number of hydrogen-bond acceptors (Lipinski definition) is 3. The second-order valence-electron chi connectivity index (χ2n) is 6.15. The summed E-state index contributed by atoms with van der Waals surface area (Å²) in [6.07, 6.45) is 2.55. The van der Waals surface area contributed by atoms with E-state index in [0.717, 1.165) is 31.4 Å². The second kappa shape index (κ2) is 4.51. The zero-order valence-corrected chi connectivity index (χ0v) is 11.5. The number of carbonyl (C=O) groups excluding carboxylic acids is 2. The molecule has 0 aromatic heterocycles. The topological polar surface area (TPSA) is 55.4 Å². The molecule has 21 heavy (non-hydrogen) atoms. The monoisotopic (exact) mass is 295 g/mol. The standard InChI is InChI=1S/C15H15F2NO3/c1-21-12(19)5-14-6-15(7-14,8-14)18-13(20)9-2-3-10(16)11(17)4-9/h2-4H,5-8H2,1H3,(H,18,20). The van der Waals surface area contributed by atoms with Crippen molar-refractivity contribution in [2.24, 2.45) is 5.41 Å². The fraction of sp³-hybridized carbons (Fsp3) is 0.467. The predicted molar refractivity (Wildman–Crippen MR) is 69.5 cm³/mol. The molecule has 1 amide bonds. The summed E-state index contributed by atoms with van der Waals surface area (Å²) in [6, 6.07) is 3.08. The molecule has 3 aliphatic rings. The third-order valence-corrected chi connectivity index (χ3v) is 4.45. The quantitative estimate of drug-likeness (QED) is 0.866. The van der Waals surface area contributed by atoms with Crippen LogP contribution in [0.4, 0.5) is 8.78 Å². The van der Waals surface area contributed by atoms with Crippen LogP contribution in [0.1, 0.15) is 36.0 Å². The molecular weight excluding hydrogens is 280 g/mol. The van der Waals surface area contributed by atoms with Crippen molar-refractivity contribution in [3.8, 4) is 0 Å². The van der Waals surface area contributed by atoms with Crippen LogP contribution in [0.2, 0.25) is 0 Å². The molecule has 0 radical (unpaired) electrons. The van der Waals surface area contributed by atoms with E-state index in [9.17, 15) is 18.4 Å². The lowest BCUT2D eigenvalue weighted by molar-refractivity contribution is -0.175. The van der Waals surface area contributed by atoms with E-state index in [1.165, 1.54) is 13.2 Å². The Morgan fingerprint density at radius 3 is 2.48 bits per heavy atom. The van der Waals surface area contributed by atoms with Gasteiger partial charge in [-0.05, 0) is 42.9 Å². The van der Waals surface area contributed by atoms with E-state index in [4.69, 9.17) is 0 Å². The van der Waals surface area contributed by atoms with Gasteiger partial charge in [0.2, 0.25) is 0 Å². The molecule has 0 saturated heterocycles. The van der Waals surface area contributed by atoms with Crippen molar-refractivity contribution in [3.63, 3.8) is 0 Å². The number of halogens is 2. The van der Waals surface area contributed by atoms with Gasteiger partial charge in [-0.25, -0.2) is 8.78 Å². The predicted octanol–water partition coefficient (Wildman–Crippen LogP) is 2.18. The Kier molecular flexibility index (Phi) is 3.00. The van der Waals surface area contributed by atoms with E-state index < -0.39 is 17.5 Å². The van der Waals surface area contributed by atoms with Crippen LogP contribution in [-0.4, -0.2) is 24.5 Å². The minimum atomic E-state index is -1.04. The molecule has 2 bridgehead atoms. The molecule has 0 unspecified atom stereocenters. The Balaban J connectivity index is 1.59. The zero-order valence-electron chi connectivity index (χ0n) is 11.5. The first-order valence-electron chi connectivity index (χ1n) is 6.72. The highest BCUT2D eigenvalue weighted by Crippen LogP contribution is 2.69. The molecule has 112 valence electrons. The Labute approximate surface area is 120 Å². The smallest absolute Gasteiger partial charge is 0.306 e. The fourth-order valence-electron chi connectivity index (χ4n) is 3.65. The Morgan fingerprint density at radius 2 is 1.90 bits per heavy atom. The van der Waals surface area contributed by atoms with Crippen LogP contribution in [-0.2, 0) is 9.53 Å². The van der Waals surface area contributed by atoms with Gasteiger partial charge >= 0.3 is 5.97 Å². The Hall–Kier alpha value is -1.98. The maximum absolute atomic E-state index is 13.1. The molecule has 1 aromatic rings. The van der Waals surface area contributed by atoms with Crippen molar-refractivity contribution in [1.82, 2.24) is 5.32 Å². The van der Waals surface area contributed by atoms with Crippen molar-refractivity contribution < 1.29 is 23.1 Å². The number of esters is 1. The second-order valence-corrected chi connectivity index (χ2v) is 6.15. The third-order valence-electron chi connectivity index (χ3n) is 4.45. The molecule has 1 aromatic carbocycles. The van der Waals surface area contributed by atoms with Crippen LogP contribution in [0.15, 0.2) is 18.2 Å². The van der Waals surface area contributed by atoms with Crippen LogP contribution < -0.4 is 5.32 Å². The molecule has 4 nitrogen and oxygen atoms in total. The van der Waals surface area contributed by atoms with Crippen LogP contribution in [0.3, 0.4) is 0 Å². The van der Waals surface area contributed by atoms with Gasteiger partial charge in [0.25, 0.3) is 5.91 Å². The lowest BCUT2D eigenvalue weighted by Gasteiger charge is -2.70. The highest BCUT2D eigenvalue weighted by Gasteiger charge is 2.68. The summed E-state index contributed by atoms with van der Waals surface area (Å²) in [5.41, 5.74) is -0.245. The summed E-state index contributed by atoms with van der Waals surface area (Å²) in [5, 5.41) is 2.86. The van der Waals surface area contributed by atoms with Gasteiger partial charge in [-0.15, -0.1) is 0 Å². The van der Waals surface area contributed by atoms with Gasteiger partial charge in [0.15, 0.2) is 11.6 Å². The van der Waals surface area contributed by atoms with Crippen LogP contribution >= 0.6 is 0 Å². The number of carbonyl (C=O) groups is 2. The maximum Gasteiger partial charge on any atom is 0.306 e. The lowest BCUT2D eigenvalue weighted by Crippen LogP contribution is -2.75. The average molecular weight is 295 g/mol. The van der Waals surface area contributed by atoms with E-state index in [1.807, 2.05) is 0 Å². The fourth-order valence-corrected chi connectivity index (χ4v) is 3.65. The number of hydrogen-bond donors (Lipinski definition) is 1. The molecular formula is C15H15F2NO3. The summed E-state index contributed by atoms with van der Waals surface area (Å²) in [4.78, 5) is 23.3. The molecule has 0 heterocycles. The van der Waals surface area contributed by atoms with E-state index >= 15 is 0 Å². The highest BCUT2D eigenvalue weighted by atomic mass is 19.2. The van der Waals surface area contributed by atoms with E-state index in [2.05, 4.69) is 10.1 Å². The average Bonchev–Trinajstić information content (AvgIpc) is 2.37. The number of benzene rings is 1. The molecule has 0 spiro atoms. The number of amides is 1. The van der Waals surface area contributed by atoms with Crippen molar-refractivity contribution in [2.45, 2.75) is 31.2 Å². The van der Waals surface area contributed by atoms with Gasteiger partial charge < -0.3 is 10.1 Å². The largest absolute Gasteiger partial charge is 0.469 e. The van der Waals surface area contributed by atoms with Crippen LogP contribution in [0.25, 0.3) is 0 Å². The van der Waals surface area contributed by atoms with Gasteiger partial charge in [-0.1, -0.05) is 0 Å². The van der Waals surface area contributed by atoms with Gasteiger partial charge in [0.1, 0.15) is 0 Å². The molecule has 3 aliphatic carbocycles. The van der Waals surface area contributed by atoms with Crippen molar-refractivity contribution in [1.29, 1.82) is 0 Å². The minimum Gasteiger partial charge on any atom is -0.469 e. The summed E-state index contributed by atoms with van der Waals surface area (Å²) < 4.78 is 30.6. The van der Waals surface area contributed by atoms with Gasteiger partial charge in [0, 0.05) is 11.1 Å². The SMILES string of the molecule is COC(=O)CC12CC(NC(=O)c3ccc(F)c(F)c3)(C1)C2. The first-order chi connectivity index (χ1) is 9.87. The maximum atomic E-state index is 13.1. The van der Waals surface area contributed by atoms with Gasteiger partial charge in [-0.3, -0.25) is 9.59 Å². The summed E-state index contributed by atoms with van der Waals surface area (Å²) in [6.45, 7) is 0. The molecule has 0 atom stereocenters. The molecule has 4 rings (SSSR count). The number of nitrogens with one attached hydrogen (secondary N) is 1. The van der Waals surface area contributed by atoms with E-state index in [0.29, 0.717) is 6.42 Å². The first kappa shape index (κ1) is 14.0. The van der Waals surface area contributed by atoms with Crippen LogP contribution in [0.5, 0.6) is 0 Å². The molecule has 3 saturated carbocycles. The van der Waals surface area contributed by atoms with Crippen molar-refractivity contribution in [3.05, 3.63) is 35.4 Å². The van der Waals surface area contributed by atoms with E-state index in [1.54, 1.807) is 0 Å². The zero-order chi connectivity index (χ0) is 15.3. The first-order valence-corrected chi connectivity index (χ1v) is 6.72. The van der Waals surface area contributed by atoms with Gasteiger partial charge in [0.05, 0.1) is 13.5 Å². The number of methoxy groups -OCH3 is 1. The molecule has 3 fully saturated rings. The van der Waals surface area contributed by atoms with Crippen molar-refractivity contribution in [2.75, 3.05) is 7.11 Å². The summed E-state index contributed by atoms with van der Waals surface area (Å²) >= 11 is 0. The Morgan fingerprint density at radius 1 is 1.24 bits per heavy atom. The Bertz CT molecular complexity index is 610. The normalized spacial score (nSPS) is 29.1. The van der Waals surface area contributed by atoms with Gasteiger partial charge in [-0.2, -0.15) is 0 Å². The third kappa shape index (κ3) is 2.28. The molecule has 6 heteroatoms. The minimum absolute atomic E-state index is 0.0472. The molecule has 0 aliphatic heterocycles. The molecule has 1 N–H and O–H groups in total. The lowest BCUT2D eigenvalue weighted by atomic mass is 9.38.